The van der Waals surface area contributed by atoms with Gasteiger partial charge in [-0.15, -0.1) is 0 Å². The van der Waals surface area contributed by atoms with Crippen molar-refractivity contribution in [2.75, 3.05) is 13.7 Å². The molecule has 2 amide bonds. The van der Waals surface area contributed by atoms with E-state index in [-0.39, 0.29) is 12.5 Å². The molecule has 0 atom stereocenters. The molecule has 0 aromatic rings. The molecule has 0 unspecified atom stereocenters. The van der Waals surface area contributed by atoms with Gasteiger partial charge in [0, 0.05) is 6.04 Å². The fourth-order valence-corrected chi connectivity index (χ4v) is 1.57. The summed E-state index contributed by atoms with van der Waals surface area (Å²) >= 11 is 0. The minimum atomic E-state index is -0.577. The first-order valence-corrected chi connectivity index (χ1v) is 4.83. The van der Waals surface area contributed by atoms with Crippen LogP contribution in [0, 0.1) is 0 Å². The second-order valence-electron chi connectivity index (χ2n) is 3.39. The van der Waals surface area contributed by atoms with Crippen molar-refractivity contribution in [1.82, 2.24) is 10.6 Å². The Morgan fingerprint density at radius 1 is 1.36 bits per heavy atom. The van der Waals surface area contributed by atoms with Crippen molar-refractivity contribution in [3.8, 4) is 0 Å². The Morgan fingerprint density at radius 2 is 2.00 bits per heavy atom. The number of carbonyl (C=O) groups excluding carboxylic acids is 2. The van der Waals surface area contributed by atoms with Crippen LogP contribution in [0.3, 0.4) is 0 Å². The highest BCUT2D eigenvalue weighted by Crippen LogP contribution is 2.17. The number of nitrogens with one attached hydrogen (secondary N) is 2. The standard InChI is InChI=1S/C9H16N2O3/c1-14-9(13)10-6-8(12)11-7-4-2-3-5-7/h7H,2-6H2,1H3,(H,10,13)(H,11,12). The van der Waals surface area contributed by atoms with E-state index in [9.17, 15) is 9.59 Å². The van der Waals surface area contributed by atoms with Crippen LogP contribution in [0.2, 0.25) is 0 Å². The highest BCUT2D eigenvalue weighted by atomic mass is 16.5. The maximum atomic E-state index is 11.2. The minimum Gasteiger partial charge on any atom is -0.453 e. The third-order valence-electron chi connectivity index (χ3n) is 2.30. The Hall–Kier alpha value is -1.26. The Labute approximate surface area is 83.2 Å². The van der Waals surface area contributed by atoms with Crippen molar-refractivity contribution in [3.05, 3.63) is 0 Å². The Kier molecular flexibility index (Phi) is 4.22. The van der Waals surface area contributed by atoms with Crippen LogP contribution in [0.25, 0.3) is 0 Å². The van der Waals surface area contributed by atoms with Crippen molar-refractivity contribution in [2.45, 2.75) is 31.7 Å². The van der Waals surface area contributed by atoms with Crippen molar-refractivity contribution in [2.24, 2.45) is 0 Å². The summed E-state index contributed by atoms with van der Waals surface area (Å²) in [5, 5.41) is 5.18. The Morgan fingerprint density at radius 3 is 2.57 bits per heavy atom. The van der Waals surface area contributed by atoms with Crippen LogP contribution in [0.5, 0.6) is 0 Å². The molecule has 14 heavy (non-hydrogen) atoms. The second-order valence-corrected chi connectivity index (χ2v) is 3.39. The van der Waals surface area contributed by atoms with Crippen LogP contribution in [-0.4, -0.2) is 31.7 Å². The zero-order valence-corrected chi connectivity index (χ0v) is 8.34. The van der Waals surface area contributed by atoms with Gasteiger partial charge >= 0.3 is 6.09 Å². The van der Waals surface area contributed by atoms with Gasteiger partial charge in [-0.25, -0.2) is 4.79 Å². The zero-order valence-electron chi connectivity index (χ0n) is 8.34. The molecular formula is C9H16N2O3. The van der Waals surface area contributed by atoms with Gasteiger partial charge in [0.2, 0.25) is 5.91 Å². The lowest BCUT2D eigenvalue weighted by Gasteiger charge is -2.11. The molecule has 80 valence electrons. The van der Waals surface area contributed by atoms with Gasteiger partial charge in [-0.2, -0.15) is 0 Å². The number of methoxy groups -OCH3 is 1. The molecule has 5 nitrogen and oxygen atoms in total. The van der Waals surface area contributed by atoms with Crippen molar-refractivity contribution in [1.29, 1.82) is 0 Å². The molecule has 1 fully saturated rings. The second kappa shape index (κ2) is 5.47. The summed E-state index contributed by atoms with van der Waals surface area (Å²) in [4.78, 5) is 21.9. The van der Waals surface area contributed by atoms with Gasteiger partial charge in [0.05, 0.1) is 7.11 Å². The number of amides is 2. The van der Waals surface area contributed by atoms with E-state index in [0.29, 0.717) is 6.04 Å². The van der Waals surface area contributed by atoms with E-state index in [0.717, 1.165) is 12.8 Å². The fourth-order valence-electron chi connectivity index (χ4n) is 1.57. The molecule has 0 radical (unpaired) electrons. The molecule has 0 bridgehead atoms. The molecule has 1 saturated carbocycles. The van der Waals surface area contributed by atoms with E-state index in [2.05, 4.69) is 15.4 Å². The lowest BCUT2D eigenvalue weighted by atomic mass is 10.2. The van der Waals surface area contributed by atoms with Crippen molar-refractivity contribution in [3.63, 3.8) is 0 Å². The van der Waals surface area contributed by atoms with E-state index >= 15 is 0 Å². The summed E-state index contributed by atoms with van der Waals surface area (Å²) in [6.07, 6.45) is 3.87. The zero-order chi connectivity index (χ0) is 10.4. The number of hydrogen-bond donors (Lipinski definition) is 2. The lowest BCUT2D eigenvalue weighted by molar-refractivity contribution is -0.120. The molecule has 0 saturated heterocycles. The third-order valence-corrected chi connectivity index (χ3v) is 2.30. The van der Waals surface area contributed by atoms with Crippen molar-refractivity contribution < 1.29 is 14.3 Å². The first-order valence-electron chi connectivity index (χ1n) is 4.83. The van der Waals surface area contributed by atoms with Gasteiger partial charge in [0.1, 0.15) is 6.54 Å². The van der Waals surface area contributed by atoms with Crippen LogP contribution in [0.4, 0.5) is 4.79 Å². The number of alkyl carbamates (subject to hydrolysis) is 1. The molecule has 1 rings (SSSR count). The first-order chi connectivity index (χ1) is 6.72. The van der Waals surface area contributed by atoms with Crippen LogP contribution in [0.1, 0.15) is 25.7 Å². The quantitative estimate of drug-likeness (QED) is 0.693. The summed E-state index contributed by atoms with van der Waals surface area (Å²) < 4.78 is 4.34. The van der Waals surface area contributed by atoms with Gasteiger partial charge in [0.25, 0.3) is 0 Å². The van der Waals surface area contributed by atoms with Crippen molar-refractivity contribution >= 4 is 12.0 Å². The van der Waals surface area contributed by atoms with Gasteiger partial charge in [-0.05, 0) is 12.8 Å². The predicted molar refractivity (Wildman–Crippen MR) is 50.8 cm³/mol. The Balaban J connectivity index is 2.12. The van der Waals surface area contributed by atoms with Gasteiger partial charge < -0.3 is 15.4 Å². The summed E-state index contributed by atoms with van der Waals surface area (Å²) in [6, 6.07) is 0.293. The van der Waals surface area contributed by atoms with E-state index in [1.54, 1.807) is 0 Å². The van der Waals surface area contributed by atoms with Crippen LogP contribution >= 0.6 is 0 Å². The molecule has 0 aromatic heterocycles. The SMILES string of the molecule is COC(=O)NCC(=O)NC1CCCC1. The minimum absolute atomic E-state index is 0.0107. The lowest BCUT2D eigenvalue weighted by Crippen LogP contribution is -2.40. The van der Waals surface area contributed by atoms with E-state index in [4.69, 9.17) is 0 Å². The van der Waals surface area contributed by atoms with E-state index in [1.807, 2.05) is 0 Å². The smallest absolute Gasteiger partial charge is 0.407 e. The fraction of sp³-hybridized carbons (Fsp3) is 0.778. The van der Waals surface area contributed by atoms with E-state index < -0.39 is 6.09 Å². The molecule has 0 aromatic carbocycles. The highest BCUT2D eigenvalue weighted by molar-refractivity contribution is 5.82. The number of hydrogen-bond acceptors (Lipinski definition) is 3. The van der Waals surface area contributed by atoms with Crippen LogP contribution in [-0.2, 0) is 9.53 Å². The van der Waals surface area contributed by atoms with Gasteiger partial charge in [-0.1, -0.05) is 12.8 Å². The molecule has 5 heteroatoms. The Bertz CT molecular complexity index is 212. The maximum absolute atomic E-state index is 11.2. The van der Waals surface area contributed by atoms with Crippen LogP contribution in [0.15, 0.2) is 0 Å². The van der Waals surface area contributed by atoms with Crippen LogP contribution < -0.4 is 10.6 Å². The molecular weight excluding hydrogens is 184 g/mol. The summed E-state index contributed by atoms with van der Waals surface area (Å²) in [6.45, 7) is -0.0107. The maximum Gasteiger partial charge on any atom is 0.407 e. The molecule has 1 aliphatic rings. The number of ether oxygens (including phenoxy) is 1. The van der Waals surface area contributed by atoms with Gasteiger partial charge in [0.15, 0.2) is 0 Å². The normalized spacial score (nSPS) is 16.4. The third kappa shape index (κ3) is 3.64. The predicted octanol–water partition coefficient (Wildman–Crippen LogP) is 0.401. The monoisotopic (exact) mass is 200 g/mol. The average Bonchev–Trinajstić information content (AvgIpc) is 2.66. The van der Waals surface area contributed by atoms with Gasteiger partial charge in [-0.3, -0.25) is 4.79 Å². The highest BCUT2D eigenvalue weighted by Gasteiger charge is 2.16. The molecule has 0 heterocycles. The number of carbonyl (C=O) groups is 2. The molecule has 2 N–H and O–H groups in total. The first kappa shape index (κ1) is 10.8. The average molecular weight is 200 g/mol. The molecule has 0 spiro atoms. The summed E-state index contributed by atoms with van der Waals surface area (Å²) in [5.74, 6) is -0.151. The summed E-state index contributed by atoms with van der Waals surface area (Å²) in [7, 11) is 1.27. The van der Waals surface area contributed by atoms with E-state index in [1.165, 1.54) is 20.0 Å². The number of rotatable bonds is 3. The molecule has 0 aliphatic heterocycles. The largest absolute Gasteiger partial charge is 0.453 e. The topological polar surface area (TPSA) is 67.4 Å². The summed E-state index contributed by atoms with van der Waals surface area (Å²) in [5.41, 5.74) is 0. The molecule has 1 aliphatic carbocycles.